The van der Waals surface area contributed by atoms with E-state index in [0.717, 1.165) is 5.69 Å². The van der Waals surface area contributed by atoms with Gasteiger partial charge in [0.2, 0.25) is 5.91 Å². The Bertz CT molecular complexity index is 231. The molecule has 0 fully saturated rings. The van der Waals surface area contributed by atoms with E-state index in [1.165, 1.54) is 4.88 Å². The molecule has 0 atom stereocenters. The standard InChI is InChI=1S/C6H5NOS/c8-6-3-5-4(7-6)1-2-9-5/h1-2H,3H2,(H,7,8). The zero-order valence-electron chi connectivity index (χ0n) is 4.68. The van der Waals surface area contributed by atoms with Crippen LogP contribution in [0.2, 0.25) is 0 Å². The van der Waals surface area contributed by atoms with Crippen molar-refractivity contribution in [2.24, 2.45) is 0 Å². The lowest BCUT2D eigenvalue weighted by molar-refractivity contribution is -0.115. The second-order valence-corrected chi connectivity index (χ2v) is 2.98. The lowest BCUT2D eigenvalue weighted by Crippen LogP contribution is -2.03. The van der Waals surface area contributed by atoms with Crippen molar-refractivity contribution < 1.29 is 4.79 Å². The molecule has 1 aromatic heterocycles. The van der Waals surface area contributed by atoms with E-state index >= 15 is 0 Å². The number of fused-ring (bicyclic) bond motifs is 1. The molecular weight excluding hydrogens is 134 g/mol. The molecule has 0 unspecified atom stereocenters. The van der Waals surface area contributed by atoms with Gasteiger partial charge in [-0.3, -0.25) is 4.79 Å². The summed E-state index contributed by atoms with van der Waals surface area (Å²) in [6.07, 6.45) is 0.576. The summed E-state index contributed by atoms with van der Waals surface area (Å²) in [4.78, 5) is 11.8. The molecule has 1 N–H and O–H groups in total. The first-order valence-electron chi connectivity index (χ1n) is 2.72. The highest BCUT2D eigenvalue weighted by Gasteiger charge is 2.17. The van der Waals surface area contributed by atoms with Gasteiger partial charge in [0, 0.05) is 4.88 Å². The Morgan fingerprint density at radius 1 is 1.67 bits per heavy atom. The number of thiophene rings is 1. The SMILES string of the molecule is O=C1Cc2sccc2N1. The van der Waals surface area contributed by atoms with Gasteiger partial charge in [-0.1, -0.05) is 0 Å². The number of hydrogen-bond acceptors (Lipinski definition) is 2. The van der Waals surface area contributed by atoms with Crippen LogP contribution in [0.25, 0.3) is 0 Å². The van der Waals surface area contributed by atoms with Crippen LogP contribution in [0, 0.1) is 0 Å². The molecule has 1 aliphatic heterocycles. The topological polar surface area (TPSA) is 29.1 Å². The van der Waals surface area contributed by atoms with E-state index in [4.69, 9.17) is 0 Å². The van der Waals surface area contributed by atoms with Gasteiger partial charge < -0.3 is 5.32 Å². The first-order valence-corrected chi connectivity index (χ1v) is 3.60. The summed E-state index contributed by atoms with van der Waals surface area (Å²) in [5.74, 6) is 0.122. The van der Waals surface area contributed by atoms with Gasteiger partial charge in [-0.2, -0.15) is 0 Å². The van der Waals surface area contributed by atoms with Crippen LogP contribution in [0.3, 0.4) is 0 Å². The maximum Gasteiger partial charge on any atom is 0.229 e. The van der Waals surface area contributed by atoms with Gasteiger partial charge in [-0.15, -0.1) is 11.3 Å². The molecule has 1 aromatic rings. The van der Waals surface area contributed by atoms with Crippen molar-refractivity contribution >= 4 is 22.9 Å². The molecule has 0 aromatic carbocycles. The van der Waals surface area contributed by atoms with E-state index < -0.39 is 0 Å². The fourth-order valence-corrected chi connectivity index (χ4v) is 1.76. The quantitative estimate of drug-likeness (QED) is 0.575. The lowest BCUT2D eigenvalue weighted by Gasteiger charge is -1.85. The van der Waals surface area contributed by atoms with Crippen molar-refractivity contribution in [2.45, 2.75) is 6.42 Å². The van der Waals surface area contributed by atoms with Crippen LogP contribution in [0.15, 0.2) is 11.4 Å². The van der Waals surface area contributed by atoms with Gasteiger partial charge in [-0.25, -0.2) is 0 Å². The summed E-state index contributed by atoms with van der Waals surface area (Å²) in [5.41, 5.74) is 1.00. The highest BCUT2D eigenvalue weighted by molar-refractivity contribution is 7.10. The smallest absolute Gasteiger partial charge is 0.229 e. The Kier molecular flexibility index (Phi) is 0.873. The molecule has 0 bridgehead atoms. The van der Waals surface area contributed by atoms with Gasteiger partial charge in [0.1, 0.15) is 0 Å². The molecule has 0 saturated heterocycles. The Morgan fingerprint density at radius 2 is 2.56 bits per heavy atom. The molecule has 0 saturated carbocycles. The van der Waals surface area contributed by atoms with E-state index in [1.807, 2.05) is 11.4 Å². The molecule has 2 nitrogen and oxygen atoms in total. The van der Waals surface area contributed by atoms with Crippen LogP contribution in [0.5, 0.6) is 0 Å². The van der Waals surface area contributed by atoms with Gasteiger partial charge in [0.25, 0.3) is 0 Å². The van der Waals surface area contributed by atoms with Crippen molar-refractivity contribution in [3.05, 3.63) is 16.3 Å². The number of nitrogens with one attached hydrogen (secondary N) is 1. The van der Waals surface area contributed by atoms with Crippen LogP contribution >= 0.6 is 11.3 Å². The third-order valence-corrected chi connectivity index (χ3v) is 2.26. The monoisotopic (exact) mass is 139 g/mol. The molecule has 1 amide bonds. The number of amides is 1. The molecule has 1 aliphatic rings. The first kappa shape index (κ1) is 4.99. The van der Waals surface area contributed by atoms with Gasteiger partial charge in [0.15, 0.2) is 0 Å². The van der Waals surface area contributed by atoms with E-state index in [0.29, 0.717) is 6.42 Å². The normalized spacial score (nSPS) is 15.3. The van der Waals surface area contributed by atoms with E-state index in [9.17, 15) is 4.79 Å². The predicted octanol–water partition coefficient (Wildman–Crippen LogP) is 1.24. The largest absolute Gasteiger partial charge is 0.325 e. The van der Waals surface area contributed by atoms with Crippen molar-refractivity contribution in [3.8, 4) is 0 Å². The maximum absolute atomic E-state index is 10.7. The molecule has 0 spiro atoms. The average Bonchev–Trinajstić information content (AvgIpc) is 2.22. The molecule has 9 heavy (non-hydrogen) atoms. The van der Waals surface area contributed by atoms with Crippen molar-refractivity contribution in [1.82, 2.24) is 0 Å². The lowest BCUT2D eigenvalue weighted by atomic mass is 10.4. The Hall–Kier alpha value is -0.830. The summed E-state index contributed by atoms with van der Waals surface area (Å²) >= 11 is 1.63. The van der Waals surface area contributed by atoms with E-state index in [1.54, 1.807) is 11.3 Å². The van der Waals surface area contributed by atoms with Crippen LogP contribution < -0.4 is 5.32 Å². The number of anilines is 1. The minimum Gasteiger partial charge on any atom is -0.325 e. The minimum absolute atomic E-state index is 0.122. The van der Waals surface area contributed by atoms with Gasteiger partial charge >= 0.3 is 0 Å². The fourth-order valence-electron chi connectivity index (χ4n) is 0.929. The summed E-state index contributed by atoms with van der Waals surface area (Å²) in [6, 6.07) is 1.94. The summed E-state index contributed by atoms with van der Waals surface area (Å²) in [7, 11) is 0. The van der Waals surface area contributed by atoms with E-state index in [2.05, 4.69) is 5.32 Å². The third kappa shape index (κ3) is 0.650. The van der Waals surface area contributed by atoms with Crippen LogP contribution in [-0.2, 0) is 11.2 Å². The number of carbonyl (C=O) groups excluding carboxylic acids is 1. The maximum atomic E-state index is 10.7. The summed E-state index contributed by atoms with van der Waals surface area (Å²) < 4.78 is 0. The Morgan fingerprint density at radius 3 is 3.33 bits per heavy atom. The fraction of sp³-hybridized carbons (Fsp3) is 0.167. The number of rotatable bonds is 0. The highest BCUT2D eigenvalue weighted by atomic mass is 32.1. The Balaban J connectivity index is 2.49. The molecule has 2 rings (SSSR count). The van der Waals surface area contributed by atoms with Crippen LogP contribution in [0.4, 0.5) is 5.69 Å². The second-order valence-electron chi connectivity index (χ2n) is 1.98. The number of carbonyl (C=O) groups is 1. The third-order valence-electron chi connectivity index (χ3n) is 1.34. The van der Waals surface area contributed by atoms with Gasteiger partial charge in [0.05, 0.1) is 12.1 Å². The Labute approximate surface area is 56.5 Å². The van der Waals surface area contributed by atoms with Crippen molar-refractivity contribution in [3.63, 3.8) is 0 Å². The molecule has 2 heterocycles. The molecule has 0 radical (unpaired) electrons. The molecule has 46 valence electrons. The highest BCUT2D eigenvalue weighted by Crippen LogP contribution is 2.27. The summed E-state index contributed by atoms with van der Waals surface area (Å²) in [5, 5.41) is 4.74. The van der Waals surface area contributed by atoms with Crippen LogP contribution in [-0.4, -0.2) is 5.91 Å². The predicted molar refractivity (Wildman–Crippen MR) is 36.7 cm³/mol. The zero-order chi connectivity index (χ0) is 6.27. The molecule has 0 aliphatic carbocycles. The van der Waals surface area contributed by atoms with Crippen molar-refractivity contribution in [2.75, 3.05) is 5.32 Å². The summed E-state index contributed by atoms with van der Waals surface area (Å²) in [6.45, 7) is 0. The van der Waals surface area contributed by atoms with Crippen LogP contribution in [0.1, 0.15) is 4.88 Å². The van der Waals surface area contributed by atoms with Gasteiger partial charge in [-0.05, 0) is 11.4 Å². The van der Waals surface area contributed by atoms with E-state index in [-0.39, 0.29) is 5.91 Å². The minimum atomic E-state index is 0.122. The van der Waals surface area contributed by atoms with Crippen molar-refractivity contribution in [1.29, 1.82) is 0 Å². The molecule has 3 heteroatoms. The molecular formula is C6H5NOS. The zero-order valence-corrected chi connectivity index (χ0v) is 5.49. The number of hydrogen-bond donors (Lipinski definition) is 1. The first-order chi connectivity index (χ1) is 4.36. The second kappa shape index (κ2) is 1.57. The average molecular weight is 139 g/mol.